The number of carbonyl (C=O) groups is 4. The Morgan fingerprint density at radius 3 is 1.93 bits per heavy atom. The lowest BCUT2D eigenvalue weighted by Gasteiger charge is -2.42. The molecule has 0 unspecified atom stereocenters. The molecule has 6 rings (SSSR count). The molecule has 8 nitrogen and oxygen atoms in total. The van der Waals surface area contributed by atoms with E-state index in [1.54, 1.807) is 30.3 Å². The van der Waals surface area contributed by atoms with E-state index < -0.39 is 24.0 Å². The molecule has 2 heterocycles. The van der Waals surface area contributed by atoms with Crippen LogP contribution >= 0.6 is 0 Å². The molecule has 0 aromatic heterocycles. The highest BCUT2D eigenvalue weighted by atomic mass is 16.4. The van der Waals surface area contributed by atoms with Crippen LogP contribution in [0.5, 0.6) is 0 Å². The van der Waals surface area contributed by atoms with Gasteiger partial charge in [0.2, 0.25) is 5.91 Å². The minimum atomic E-state index is -1.25. The van der Waals surface area contributed by atoms with Crippen molar-refractivity contribution in [1.82, 2.24) is 9.80 Å². The zero-order chi connectivity index (χ0) is 29.2. The number of Topliss-reactive ketones (excluding diaryl/α,β-unsaturated/α-hetero) is 1. The smallest absolute Gasteiger partial charge is 0.329 e. The number of carboxylic acids is 1. The lowest BCUT2D eigenvalue weighted by Crippen LogP contribution is -2.61. The van der Waals surface area contributed by atoms with E-state index in [4.69, 9.17) is 0 Å². The summed E-state index contributed by atoms with van der Waals surface area (Å²) in [6.45, 7) is -0.00180. The third kappa shape index (κ3) is 4.92. The maximum absolute atomic E-state index is 14.2. The van der Waals surface area contributed by atoms with E-state index in [2.05, 4.69) is 0 Å². The Kier molecular flexibility index (Phi) is 7.27. The molecule has 0 aliphatic carbocycles. The molecule has 1 N–H and O–H groups in total. The predicted molar refractivity (Wildman–Crippen MR) is 158 cm³/mol. The zero-order valence-electron chi connectivity index (χ0n) is 22.8. The van der Waals surface area contributed by atoms with E-state index in [1.807, 2.05) is 78.9 Å². The number of nitrogens with zero attached hydrogens (tertiary/aromatic N) is 3. The van der Waals surface area contributed by atoms with Crippen molar-refractivity contribution in [2.45, 2.75) is 18.4 Å². The van der Waals surface area contributed by atoms with Crippen LogP contribution in [-0.2, 0) is 16.0 Å². The van der Waals surface area contributed by atoms with Gasteiger partial charge < -0.3 is 14.9 Å². The van der Waals surface area contributed by atoms with Crippen molar-refractivity contribution in [2.24, 2.45) is 0 Å². The predicted octanol–water partition coefficient (Wildman–Crippen LogP) is 5.11. The maximum atomic E-state index is 14.2. The first-order valence-electron chi connectivity index (χ1n) is 13.9. The quantitative estimate of drug-likeness (QED) is 0.375. The van der Waals surface area contributed by atoms with E-state index in [9.17, 15) is 24.3 Å². The number of para-hydroxylation sites is 2. The zero-order valence-corrected chi connectivity index (χ0v) is 22.8. The molecule has 1 fully saturated rings. The van der Waals surface area contributed by atoms with Gasteiger partial charge in [-0.25, -0.2) is 9.59 Å². The van der Waals surface area contributed by atoms with Crippen LogP contribution < -0.4 is 4.90 Å². The van der Waals surface area contributed by atoms with Gasteiger partial charge in [-0.1, -0.05) is 91.0 Å². The van der Waals surface area contributed by atoms with Crippen LogP contribution in [-0.4, -0.2) is 64.3 Å². The summed E-state index contributed by atoms with van der Waals surface area (Å²) < 4.78 is 0. The van der Waals surface area contributed by atoms with Gasteiger partial charge in [0, 0.05) is 25.1 Å². The topological polar surface area (TPSA) is 98.2 Å². The van der Waals surface area contributed by atoms with Crippen LogP contribution in [0.3, 0.4) is 0 Å². The third-order valence-electron chi connectivity index (χ3n) is 7.95. The van der Waals surface area contributed by atoms with E-state index >= 15 is 0 Å². The average molecular weight is 560 g/mol. The number of anilines is 2. The molecule has 4 aromatic carbocycles. The summed E-state index contributed by atoms with van der Waals surface area (Å²) in [5.41, 5.74) is 3.71. The van der Waals surface area contributed by atoms with Crippen LogP contribution in [0.4, 0.5) is 16.2 Å². The van der Waals surface area contributed by atoms with Gasteiger partial charge in [0.15, 0.2) is 5.78 Å². The second kappa shape index (κ2) is 11.3. The summed E-state index contributed by atoms with van der Waals surface area (Å²) in [6.07, 6.45) is 0.150. The van der Waals surface area contributed by atoms with Crippen LogP contribution in [0.2, 0.25) is 0 Å². The molecule has 2 aliphatic heterocycles. The molecular weight excluding hydrogens is 530 g/mol. The minimum Gasteiger partial charge on any atom is -0.480 e. The van der Waals surface area contributed by atoms with Gasteiger partial charge >= 0.3 is 12.0 Å². The van der Waals surface area contributed by atoms with Gasteiger partial charge in [-0.05, 0) is 34.9 Å². The molecule has 210 valence electrons. The summed E-state index contributed by atoms with van der Waals surface area (Å²) >= 11 is 0. The number of rotatable bonds is 4. The summed E-state index contributed by atoms with van der Waals surface area (Å²) in [5.74, 6) is -2.30. The molecule has 1 saturated heterocycles. The number of ketones is 1. The highest BCUT2D eigenvalue weighted by molar-refractivity contribution is 6.12. The van der Waals surface area contributed by atoms with Gasteiger partial charge in [0.05, 0.1) is 23.8 Å². The van der Waals surface area contributed by atoms with Crippen molar-refractivity contribution in [3.05, 3.63) is 131 Å². The molecule has 8 heteroatoms. The first-order valence-corrected chi connectivity index (χ1v) is 13.9. The Morgan fingerprint density at radius 2 is 1.29 bits per heavy atom. The monoisotopic (exact) mass is 559 g/mol. The van der Waals surface area contributed by atoms with Crippen LogP contribution in [0.15, 0.2) is 109 Å². The Balaban J connectivity index is 1.33. The largest absolute Gasteiger partial charge is 0.480 e. The number of carbonyl (C=O) groups excluding carboxylic acids is 3. The fourth-order valence-electron chi connectivity index (χ4n) is 5.89. The highest BCUT2D eigenvalue weighted by Crippen LogP contribution is 2.37. The molecule has 0 bridgehead atoms. The highest BCUT2D eigenvalue weighted by Gasteiger charge is 2.42. The molecule has 42 heavy (non-hydrogen) atoms. The normalized spacial score (nSPS) is 16.5. The van der Waals surface area contributed by atoms with E-state index in [1.165, 1.54) is 14.7 Å². The van der Waals surface area contributed by atoms with Crippen molar-refractivity contribution in [3.63, 3.8) is 0 Å². The molecule has 1 atom stereocenters. The molecular formula is C34H29N3O5. The van der Waals surface area contributed by atoms with E-state index in [0.29, 0.717) is 22.5 Å². The standard InChI is InChI=1S/C34H29N3O5/c38-30-21-25-15-7-9-17-27(25)37(28-18-10-8-16-26(28)30)34(42)35-19-20-36(29(22-35)33(40)41)32(39)31(23-11-3-1-4-12-23)24-13-5-2-6-14-24/h1-18,29,31H,19-22H2,(H,40,41)/t29-/m0/s1. The number of hydrogen-bond donors (Lipinski definition) is 1. The Bertz CT molecular complexity index is 1620. The second-order valence-electron chi connectivity index (χ2n) is 10.4. The van der Waals surface area contributed by atoms with Crippen molar-refractivity contribution in [2.75, 3.05) is 24.5 Å². The van der Waals surface area contributed by atoms with Crippen molar-refractivity contribution in [3.8, 4) is 0 Å². The van der Waals surface area contributed by atoms with Crippen LogP contribution in [0.1, 0.15) is 33.0 Å². The number of benzene rings is 4. The molecule has 2 aliphatic rings. The summed E-state index contributed by atoms with van der Waals surface area (Å²) in [5, 5.41) is 10.3. The summed E-state index contributed by atoms with van der Waals surface area (Å²) in [4.78, 5) is 58.4. The van der Waals surface area contributed by atoms with Gasteiger partial charge in [-0.3, -0.25) is 14.5 Å². The lowest BCUT2D eigenvalue weighted by atomic mass is 9.89. The summed E-state index contributed by atoms with van der Waals surface area (Å²) in [7, 11) is 0. The number of carboxylic acid groups (broad SMARTS) is 1. The van der Waals surface area contributed by atoms with E-state index in [-0.39, 0.29) is 37.7 Å². The second-order valence-corrected chi connectivity index (χ2v) is 10.4. The van der Waals surface area contributed by atoms with Crippen LogP contribution in [0.25, 0.3) is 0 Å². The summed E-state index contributed by atoms with van der Waals surface area (Å²) in [6, 6.07) is 31.1. The Hall–Kier alpha value is -5.24. The van der Waals surface area contributed by atoms with Crippen molar-refractivity contribution >= 4 is 35.1 Å². The molecule has 0 radical (unpaired) electrons. The van der Waals surface area contributed by atoms with Gasteiger partial charge in [-0.15, -0.1) is 0 Å². The third-order valence-corrected chi connectivity index (χ3v) is 7.95. The van der Waals surface area contributed by atoms with Crippen molar-refractivity contribution < 1.29 is 24.3 Å². The number of piperazine rings is 1. The number of fused-ring (bicyclic) bond motifs is 2. The van der Waals surface area contributed by atoms with Gasteiger partial charge in [-0.2, -0.15) is 0 Å². The Labute approximate surface area is 243 Å². The van der Waals surface area contributed by atoms with E-state index in [0.717, 1.165) is 11.1 Å². The lowest BCUT2D eigenvalue weighted by molar-refractivity contribution is -0.153. The fourth-order valence-corrected chi connectivity index (χ4v) is 5.89. The first kappa shape index (κ1) is 27.0. The molecule has 0 spiro atoms. The fraction of sp³-hybridized carbons (Fsp3) is 0.176. The molecule has 3 amide bonds. The van der Waals surface area contributed by atoms with Gasteiger partial charge in [0.25, 0.3) is 0 Å². The molecule has 0 saturated carbocycles. The number of hydrogen-bond acceptors (Lipinski definition) is 4. The minimum absolute atomic E-state index is 0.0494. The number of amides is 3. The first-order chi connectivity index (χ1) is 20.4. The number of urea groups is 1. The van der Waals surface area contributed by atoms with Crippen LogP contribution in [0, 0.1) is 0 Å². The maximum Gasteiger partial charge on any atom is 0.329 e. The Morgan fingerprint density at radius 1 is 0.714 bits per heavy atom. The van der Waals surface area contributed by atoms with Crippen molar-refractivity contribution in [1.29, 1.82) is 0 Å². The SMILES string of the molecule is O=C1Cc2ccccc2N(C(=O)N2CCN(C(=O)C(c3ccccc3)c3ccccc3)[C@H](C(=O)O)C2)c2ccccc21. The average Bonchev–Trinajstić information content (AvgIpc) is 3.15. The molecule has 4 aromatic rings. The number of aliphatic carboxylic acids is 1. The van der Waals surface area contributed by atoms with Gasteiger partial charge in [0.1, 0.15) is 6.04 Å².